The van der Waals surface area contributed by atoms with E-state index in [4.69, 9.17) is 4.98 Å². The molecule has 1 aromatic carbocycles. The first-order valence-electron chi connectivity index (χ1n) is 10.0. The normalized spacial score (nSPS) is 15.5. The van der Waals surface area contributed by atoms with Crippen LogP contribution in [0.2, 0.25) is 0 Å². The van der Waals surface area contributed by atoms with Crippen LogP contribution >= 0.6 is 0 Å². The Balaban J connectivity index is 1.73. The summed E-state index contributed by atoms with van der Waals surface area (Å²) in [4.78, 5) is 21.7. The number of nitrogens with one attached hydrogen (secondary N) is 2. The molecule has 0 atom stereocenters. The van der Waals surface area contributed by atoms with Crippen molar-refractivity contribution in [3.8, 4) is 0 Å². The number of aromatic nitrogens is 6. The van der Waals surface area contributed by atoms with Crippen molar-refractivity contribution in [3.05, 3.63) is 35.5 Å². The van der Waals surface area contributed by atoms with Gasteiger partial charge in [-0.25, -0.2) is 9.67 Å². The number of hydrogen-bond acceptors (Lipinski definition) is 8. The van der Waals surface area contributed by atoms with Crippen molar-refractivity contribution >= 4 is 39.9 Å². The van der Waals surface area contributed by atoms with Gasteiger partial charge in [0.2, 0.25) is 0 Å². The number of amides is 1. The molecule has 0 radical (unpaired) electrons. The molecule has 11 nitrogen and oxygen atoms in total. The molecule has 11 heteroatoms. The minimum absolute atomic E-state index is 0.109. The molecule has 0 fully saturated rings. The summed E-state index contributed by atoms with van der Waals surface area (Å²) in [6.07, 6.45) is 1.57. The number of fused-ring (bicyclic) bond motifs is 5. The Morgan fingerprint density at radius 1 is 1.13 bits per heavy atom. The predicted molar refractivity (Wildman–Crippen MR) is 118 cm³/mol. The van der Waals surface area contributed by atoms with Crippen LogP contribution in [0.3, 0.4) is 0 Å². The lowest BCUT2D eigenvalue weighted by Crippen LogP contribution is -2.34. The number of benzene rings is 1. The molecular formula is C20H24N10O. The minimum Gasteiger partial charge on any atom is -0.373 e. The third-order valence-electron chi connectivity index (χ3n) is 5.61. The molecule has 0 aliphatic carbocycles. The van der Waals surface area contributed by atoms with Gasteiger partial charge in [-0.2, -0.15) is 9.61 Å². The number of carbonyl (C=O) groups excluding carboxylic acids is 1. The second-order valence-electron chi connectivity index (χ2n) is 7.88. The Morgan fingerprint density at radius 2 is 1.97 bits per heavy atom. The van der Waals surface area contributed by atoms with Gasteiger partial charge in [-0.15, -0.1) is 5.10 Å². The average molecular weight is 420 g/mol. The van der Waals surface area contributed by atoms with Gasteiger partial charge < -0.3 is 20.4 Å². The maximum atomic E-state index is 13.1. The van der Waals surface area contributed by atoms with Crippen molar-refractivity contribution in [1.82, 2.24) is 39.4 Å². The van der Waals surface area contributed by atoms with E-state index in [1.807, 2.05) is 27.2 Å². The summed E-state index contributed by atoms with van der Waals surface area (Å²) in [6.45, 7) is 2.04. The van der Waals surface area contributed by atoms with Crippen molar-refractivity contribution in [2.45, 2.75) is 6.54 Å². The van der Waals surface area contributed by atoms with Gasteiger partial charge in [0.1, 0.15) is 22.7 Å². The van der Waals surface area contributed by atoms with Gasteiger partial charge in [0.05, 0.1) is 17.4 Å². The summed E-state index contributed by atoms with van der Waals surface area (Å²) in [7, 11) is 7.54. The zero-order valence-electron chi connectivity index (χ0n) is 17.9. The molecule has 1 aliphatic rings. The monoisotopic (exact) mass is 420 g/mol. The first kappa shape index (κ1) is 19.2. The fourth-order valence-corrected chi connectivity index (χ4v) is 3.89. The number of anilines is 3. The molecule has 2 N–H and O–H groups in total. The van der Waals surface area contributed by atoms with Crippen molar-refractivity contribution in [1.29, 1.82) is 0 Å². The highest BCUT2D eigenvalue weighted by atomic mass is 16.2. The maximum absolute atomic E-state index is 13.1. The second-order valence-corrected chi connectivity index (χ2v) is 7.88. The summed E-state index contributed by atoms with van der Waals surface area (Å²) >= 11 is 0. The Bertz CT molecular complexity index is 1310. The average Bonchev–Trinajstić information content (AvgIpc) is 3.34. The number of likely N-dealkylation sites (N-methyl/N-ethyl adjacent to an activating group) is 2. The molecule has 5 rings (SSSR count). The van der Waals surface area contributed by atoms with Crippen LogP contribution < -0.4 is 10.6 Å². The molecule has 0 spiro atoms. The van der Waals surface area contributed by atoms with E-state index in [0.29, 0.717) is 29.4 Å². The summed E-state index contributed by atoms with van der Waals surface area (Å²) < 4.78 is 3.41. The Hall–Kier alpha value is -3.73. The van der Waals surface area contributed by atoms with Crippen LogP contribution in [0.1, 0.15) is 15.9 Å². The first-order valence-corrected chi connectivity index (χ1v) is 10.0. The number of rotatable bonds is 1. The van der Waals surface area contributed by atoms with Gasteiger partial charge in [0, 0.05) is 46.8 Å². The molecule has 3 aromatic heterocycles. The molecule has 4 aromatic rings. The van der Waals surface area contributed by atoms with Gasteiger partial charge in [0.15, 0.2) is 5.65 Å². The highest BCUT2D eigenvalue weighted by Crippen LogP contribution is 2.28. The van der Waals surface area contributed by atoms with E-state index < -0.39 is 0 Å². The van der Waals surface area contributed by atoms with Crippen molar-refractivity contribution in [3.63, 3.8) is 0 Å². The van der Waals surface area contributed by atoms with E-state index in [2.05, 4.69) is 43.1 Å². The molecule has 160 valence electrons. The van der Waals surface area contributed by atoms with Gasteiger partial charge in [-0.3, -0.25) is 4.79 Å². The van der Waals surface area contributed by atoms with E-state index in [1.165, 1.54) is 0 Å². The Labute approximate surface area is 178 Å². The van der Waals surface area contributed by atoms with Gasteiger partial charge in [-0.1, -0.05) is 5.21 Å². The predicted octanol–water partition coefficient (Wildman–Crippen LogP) is 1.31. The Morgan fingerprint density at radius 3 is 2.77 bits per heavy atom. The number of carbonyl (C=O) groups is 1. The quantitative estimate of drug-likeness (QED) is 0.475. The lowest BCUT2D eigenvalue weighted by Gasteiger charge is -2.23. The van der Waals surface area contributed by atoms with Crippen LogP contribution in [0.15, 0.2) is 24.4 Å². The summed E-state index contributed by atoms with van der Waals surface area (Å²) in [6, 6.07) is 6.03. The van der Waals surface area contributed by atoms with Crippen LogP contribution in [0.25, 0.3) is 16.7 Å². The van der Waals surface area contributed by atoms with Crippen molar-refractivity contribution < 1.29 is 4.79 Å². The van der Waals surface area contributed by atoms with Gasteiger partial charge in [-0.05, 0) is 24.7 Å². The van der Waals surface area contributed by atoms with E-state index in [1.54, 1.807) is 27.3 Å². The highest BCUT2D eigenvalue weighted by molar-refractivity contribution is 6.00. The fraction of sp³-hybridized carbons (Fsp3) is 0.350. The third-order valence-corrected chi connectivity index (χ3v) is 5.61. The van der Waals surface area contributed by atoms with Crippen molar-refractivity contribution in [2.24, 2.45) is 7.05 Å². The fourth-order valence-electron chi connectivity index (χ4n) is 3.89. The lowest BCUT2D eigenvalue weighted by atomic mass is 10.1. The number of aryl methyl sites for hydroxylation is 1. The van der Waals surface area contributed by atoms with Crippen LogP contribution in [0.4, 0.5) is 17.3 Å². The molecule has 0 saturated heterocycles. The van der Waals surface area contributed by atoms with Gasteiger partial charge >= 0.3 is 0 Å². The largest absolute Gasteiger partial charge is 0.373 e. The van der Waals surface area contributed by atoms with E-state index in [0.717, 1.165) is 35.4 Å². The van der Waals surface area contributed by atoms with E-state index in [9.17, 15) is 4.79 Å². The molecule has 4 bridgehead atoms. The zero-order valence-corrected chi connectivity index (χ0v) is 17.9. The van der Waals surface area contributed by atoms with Crippen LogP contribution in [0.5, 0.6) is 0 Å². The molecule has 0 unspecified atom stereocenters. The van der Waals surface area contributed by atoms with E-state index in [-0.39, 0.29) is 5.91 Å². The third kappa shape index (κ3) is 3.22. The first-order chi connectivity index (χ1) is 14.9. The van der Waals surface area contributed by atoms with Crippen LogP contribution in [-0.4, -0.2) is 79.5 Å². The molecule has 1 amide bonds. The number of hydrogen-bond donors (Lipinski definition) is 2. The zero-order chi connectivity index (χ0) is 21.7. The standard InChI is InChI=1S/C20H24N10O/c1-21-17-9-16-23-14-7-12(8-15-18(14)25-26-29(15)4)11-27(2)5-6-28(3)20(31)13-10-22-30(17)19(13)24-16/h7-10,21H,5-6,11H2,1-4H3,(H,23,24). The summed E-state index contributed by atoms with van der Waals surface area (Å²) in [5.41, 5.74) is 4.58. The Kier molecular flexibility index (Phi) is 4.47. The smallest absolute Gasteiger partial charge is 0.259 e. The van der Waals surface area contributed by atoms with Crippen LogP contribution in [-0.2, 0) is 13.6 Å². The highest BCUT2D eigenvalue weighted by Gasteiger charge is 2.21. The van der Waals surface area contributed by atoms with E-state index >= 15 is 0 Å². The maximum Gasteiger partial charge on any atom is 0.259 e. The summed E-state index contributed by atoms with van der Waals surface area (Å²) in [5.74, 6) is 1.19. The molecule has 0 saturated carbocycles. The minimum atomic E-state index is -0.109. The lowest BCUT2D eigenvalue weighted by molar-refractivity contribution is 0.0783. The van der Waals surface area contributed by atoms with Crippen molar-refractivity contribution in [2.75, 3.05) is 44.9 Å². The summed E-state index contributed by atoms with van der Waals surface area (Å²) in [5, 5.41) is 19.4. The number of nitrogens with zero attached hydrogens (tertiary/aromatic N) is 8. The van der Waals surface area contributed by atoms with Gasteiger partial charge in [0.25, 0.3) is 5.91 Å². The topological polar surface area (TPSA) is 109 Å². The molecule has 4 heterocycles. The molecule has 1 aliphatic heterocycles. The van der Waals surface area contributed by atoms with Crippen LogP contribution in [0, 0.1) is 0 Å². The molecular weight excluding hydrogens is 396 g/mol. The molecule has 31 heavy (non-hydrogen) atoms. The SMILES string of the molecule is CNc1cc2nc3c(cnn13)C(=O)N(C)CCN(C)Cc1cc(c3nnn(C)c3c1)N2. The second kappa shape index (κ2) is 7.20.